The third-order valence-electron chi connectivity index (χ3n) is 3.26. The number of hydrogen-bond acceptors (Lipinski definition) is 1. The lowest BCUT2D eigenvalue weighted by Crippen LogP contribution is -2.01. The Morgan fingerprint density at radius 1 is 1.31 bits per heavy atom. The van der Waals surface area contributed by atoms with Crippen molar-refractivity contribution in [2.24, 2.45) is 0 Å². The lowest BCUT2D eigenvalue weighted by Gasteiger charge is -2.13. The normalized spacial score (nSPS) is 15.1. The third-order valence-corrected chi connectivity index (χ3v) is 3.26. The molecule has 0 bridgehead atoms. The summed E-state index contributed by atoms with van der Waals surface area (Å²) in [7, 11) is 1.57. The van der Waals surface area contributed by atoms with E-state index in [9.17, 15) is 4.39 Å². The minimum atomic E-state index is -0.133. The number of methoxy groups -OCH3 is 1. The van der Waals surface area contributed by atoms with E-state index >= 15 is 0 Å². The molecule has 86 valence electrons. The highest BCUT2D eigenvalue weighted by Crippen LogP contribution is 2.32. The van der Waals surface area contributed by atoms with Gasteiger partial charge in [0, 0.05) is 0 Å². The van der Waals surface area contributed by atoms with Crippen molar-refractivity contribution in [2.45, 2.75) is 32.1 Å². The van der Waals surface area contributed by atoms with Gasteiger partial charge in [0.2, 0.25) is 0 Å². The maximum absolute atomic E-state index is 14.2. The van der Waals surface area contributed by atoms with Gasteiger partial charge in [-0.2, -0.15) is 0 Å². The summed E-state index contributed by atoms with van der Waals surface area (Å²) < 4.78 is 19.4. The Hall–Kier alpha value is -1.31. The van der Waals surface area contributed by atoms with Crippen LogP contribution < -0.4 is 4.74 Å². The van der Waals surface area contributed by atoms with Crippen LogP contribution in [0.1, 0.15) is 36.0 Å². The second kappa shape index (κ2) is 4.69. The van der Waals surface area contributed by atoms with Crippen LogP contribution in [0.25, 0.3) is 6.08 Å². The van der Waals surface area contributed by atoms with E-state index in [1.807, 2.05) is 6.07 Å². The van der Waals surface area contributed by atoms with Crippen molar-refractivity contribution in [1.82, 2.24) is 0 Å². The second-order valence-electron chi connectivity index (χ2n) is 4.21. The van der Waals surface area contributed by atoms with Crippen molar-refractivity contribution < 1.29 is 9.13 Å². The lowest BCUT2D eigenvalue weighted by molar-refractivity contribution is 0.408. The first-order valence-electron chi connectivity index (χ1n) is 5.78. The Labute approximate surface area is 95.9 Å². The Bertz CT molecular complexity index is 410. The molecule has 0 amide bonds. The summed E-state index contributed by atoms with van der Waals surface area (Å²) in [4.78, 5) is 0. The van der Waals surface area contributed by atoms with Gasteiger partial charge < -0.3 is 4.74 Å². The second-order valence-corrected chi connectivity index (χ2v) is 4.21. The van der Waals surface area contributed by atoms with Crippen LogP contribution in [0, 0.1) is 5.82 Å². The summed E-state index contributed by atoms with van der Waals surface area (Å²) in [5.41, 5.74) is 2.48. The van der Waals surface area contributed by atoms with Gasteiger partial charge in [-0.3, -0.25) is 0 Å². The summed E-state index contributed by atoms with van der Waals surface area (Å²) in [5, 5.41) is 0. The molecule has 1 aliphatic carbocycles. The molecule has 0 unspecified atom stereocenters. The first-order chi connectivity index (χ1) is 7.77. The molecule has 0 radical (unpaired) electrons. The van der Waals surface area contributed by atoms with Crippen LogP contribution >= 0.6 is 0 Å². The molecule has 0 atom stereocenters. The summed E-state index contributed by atoms with van der Waals surface area (Å²) >= 11 is 0. The number of hydrogen-bond donors (Lipinski definition) is 0. The van der Waals surface area contributed by atoms with Gasteiger partial charge in [0.05, 0.1) is 12.7 Å². The highest BCUT2D eigenvalue weighted by Gasteiger charge is 2.18. The fourth-order valence-corrected chi connectivity index (χ4v) is 2.38. The summed E-state index contributed by atoms with van der Waals surface area (Å²) in [6.07, 6.45) is 6.74. The molecule has 0 heterocycles. The van der Waals surface area contributed by atoms with E-state index in [4.69, 9.17) is 4.74 Å². The molecule has 16 heavy (non-hydrogen) atoms. The van der Waals surface area contributed by atoms with Crippen LogP contribution in [0.2, 0.25) is 0 Å². The van der Waals surface area contributed by atoms with Gasteiger partial charge >= 0.3 is 0 Å². The molecule has 2 heteroatoms. The largest absolute Gasteiger partial charge is 0.496 e. The predicted octanol–water partition coefficient (Wildman–Crippen LogP) is 3.75. The van der Waals surface area contributed by atoms with Crippen molar-refractivity contribution in [3.05, 3.63) is 35.2 Å². The molecule has 1 nitrogen and oxygen atoms in total. The van der Waals surface area contributed by atoms with Gasteiger partial charge in [0.25, 0.3) is 0 Å². The molecular weight excluding hydrogens is 203 g/mol. The standard InChI is InChI=1S/C14H17FO/c1-3-11-13(16-2)9-10-7-5-4-6-8-12(10)14(11)15/h3,9H,1,4-8H2,2H3. The van der Waals surface area contributed by atoms with E-state index in [-0.39, 0.29) is 5.82 Å². The molecule has 1 aromatic rings. The Kier molecular flexibility index (Phi) is 3.28. The average molecular weight is 220 g/mol. The lowest BCUT2D eigenvalue weighted by atomic mass is 9.98. The number of rotatable bonds is 2. The first kappa shape index (κ1) is 11.2. The van der Waals surface area contributed by atoms with E-state index in [2.05, 4.69) is 6.58 Å². The van der Waals surface area contributed by atoms with Gasteiger partial charge in [0.1, 0.15) is 11.6 Å². The fourth-order valence-electron chi connectivity index (χ4n) is 2.38. The molecule has 1 aliphatic rings. The fraction of sp³-hybridized carbons (Fsp3) is 0.429. The predicted molar refractivity (Wildman–Crippen MR) is 64.3 cm³/mol. The van der Waals surface area contributed by atoms with E-state index in [1.54, 1.807) is 13.2 Å². The van der Waals surface area contributed by atoms with Gasteiger partial charge in [0.15, 0.2) is 0 Å². The number of fused-ring (bicyclic) bond motifs is 1. The molecule has 0 aliphatic heterocycles. The van der Waals surface area contributed by atoms with Crippen LogP contribution in [0.3, 0.4) is 0 Å². The van der Waals surface area contributed by atoms with Crippen LogP contribution in [0.15, 0.2) is 12.6 Å². The highest BCUT2D eigenvalue weighted by atomic mass is 19.1. The van der Waals surface area contributed by atoms with Crippen molar-refractivity contribution in [2.75, 3.05) is 7.11 Å². The van der Waals surface area contributed by atoms with Crippen LogP contribution in [-0.4, -0.2) is 7.11 Å². The molecule has 2 rings (SSSR count). The average Bonchev–Trinajstić information content (AvgIpc) is 2.54. The van der Waals surface area contributed by atoms with E-state index in [1.165, 1.54) is 6.42 Å². The monoisotopic (exact) mass is 220 g/mol. The molecule has 0 spiro atoms. The maximum atomic E-state index is 14.2. The molecule has 0 fully saturated rings. The van der Waals surface area contributed by atoms with Crippen LogP contribution in [0.4, 0.5) is 4.39 Å². The van der Waals surface area contributed by atoms with Crippen molar-refractivity contribution in [3.63, 3.8) is 0 Å². The molecule has 1 aromatic carbocycles. The van der Waals surface area contributed by atoms with Crippen molar-refractivity contribution in [1.29, 1.82) is 0 Å². The Morgan fingerprint density at radius 2 is 2.06 bits per heavy atom. The van der Waals surface area contributed by atoms with Gasteiger partial charge in [-0.25, -0.2) is 4.39 Å². The highest BCUT2D eigenvalue weighted by molar-refractivity contribution is 5.60. The van der Waals surface area contributed by atoms with E-state index in [0.717, 1.165) is 36.8 Å². The summed E-state index contributed by atoms with van der Waals surface area (Å²) in [5.74, 6) is 0.472. The van der Waals surface area contributed by atoms with Crippen molar-refractivity contribution in [3.8, 4) is 5.75 Å². The molecule has 0 saturated heterocycles. The molecule has 0 saturated carbocycles. The summed E-state index contributed by atoms with van der Waals surface area (Å²) in [6.45, 7) is 3.65. The van der Waals surface area contributed by atoms with Gasteiger partial charge in [-0.1, -0.05) is 19.1 Å². The molecule has 0 aromatic heterocycles. The number of benzene rings is 1. The van der Waals surface area contributed by atoms with Crippen LogP contribution in [0.5, 0.6) is 5.75 Å². The number of aryl methyl sites for hydroxylation is 1. The first-order valence-corrected chi connectivity index (χ1v) is 5.78. The third kappa shape index (κ3) is 1.84. The van der Waals surface area contributed by atoms with Crippen molar-refractivity contribution >= 4 is 6.08 Å². The molecular formula is C14H17FO. The van der Waals surface area contributed by atoms with Gasteiger partial charge in [-0.05, 0) is 42.9 Å². The zero-order valence-electron chi connectivity index (χ0n) is 9.68. The minimum Gasteiger partial charge on any atom is -0.496 e. The molecule has 0 N–H and O–H groups in total. The maximum Gasteiger partial charge on any atom is 0.137 e. The smallest absolute Gasteiger partial charge is 0.137 e. The van der Waals surface area contributed by atoms with E-state index in [0.29, 0.717) is 11.3 Å². The number of ether oxygens (including phenoxy) is 1. The zero-order chi connectivity index (χ0) is 11.5. The summed E-state index contributed by atoms with van der Waals surface area (Å²) in [6, 6.07) is 1.97. The minimum absolute atomic E-state index is 0.133. The van der Waals surface area contributed by atoms with E-state index < -0.39 is 0 Å². The van der Waals surface area contributed by atoms with Gasteiger partial charge in [-0.15, -0.1) is 0 Å². The SMILES string of the molecule is C=Cc1c(OC)cc2c(c1F)CCCCC2. The Morgan fingerprint density at radius 3 is 2.75 bits per heavy atom. The Balaban J connectivity index is 2.58. The van der Waals surface area contributed by atoms with Crippen LogP contribution in [-0.2, 0) is 12.8 Å². The quantitative estimate of drug-likeness (QED) is 0.690. The zero-order valence-corrected chi connectivity index (χ0v) is 9.68. The number of halogens is 1. The topological polar surface area (TPSA) is 9.23 Å².